The van der Waals surface area contributed by atoms with Crippen molar-refractivity contribution in [2.75, 3.05) is 57.8 Å². The van der Waals surface area contributed by atoms with Gasteiger partial charge < -0.3 is 24.4 Å². The summed E-state index contributed by atoms with van der Waals surface area (Å²) in [5.41, 5.74) is 6.25. The second-order valence-corrected chi connectivity index (χ2v) is 15.2. The summed E-state index contributed by atoms with van der Waals surface area (Å²) in [5.74, 6) is -0.0769. The lowest BCUT2D eigenvalue weighted by molar-refractivity contribution is 0.0270. The molecule has 0 radical (unpaired) electrons. The van der Waals surface area contributed by atoms with E-state index in [2.05, 4.69) is 21.9 Å². The number of rotatable bonds is 9. The molecule has 0 aliphatic carbocycles. The number of hydrogen-bond donors (Lipinski definition) is 1. The largest absolute Gasteiger partial charge is 0.497 e. The van der Waals surface area contributed by atoms with Crippen LogP contribution in [0.25, 0.3) is 32.9 Å². The molecule has 5 aromatic rings. The van der Waals surface area contributed by atoms with Crippen LogP contribution < -0.4 is 9.64 Å². The molecule has 1 fully saturated rings. The van der Waals surface area contributed by atoms with Crippen LogP contribution in [-0.2, 0) is 11.2 Å². The van der Waals surface area contributed by atoms with Gasteiger partial charge in [0.1, 0.15) is 11.4 Å². The molecule has 2 aromatic heterocycles. The minimum absolute atomic E-state index is 0.244. The molecule has 11 nitrogen and oxygen atoms in total. The Morgan fingerprint density at radius 2 is 1.67 bits per heavy atom. The van der Waals surface area contributed by atoms with Gasteiger partial charge in [0.25, 0.3) is 0 Å². The lowest BCUT2D eigenvalue weighted by Crippen LogP contribution is -2.47. The van der Waals surface area contributed by atoms with Gasteiger partial charge in [-0.25, -0.2) is 19.1 Å². The van der Waals surface area contributed by atoms with E-state index in [-0.39, 0.29) is 11.7 Å². The monoisotopic (exact) mass is 720 g/mol. The first-order valence-corrected chi connectivity index (χ1v) is 18.5. The van der Waals surface area contributed by atoms with Gasteiger partial charge in [0.2, 0.25) is 10.1 Å². The van der Waals surface area contributed by atoms with E-state index in [1.807, 2.05) is 86.1 Å². The number of anilines is 1. The third-order valence-electron chi connectivity index (χ3n) is 9.50. The molecule has 2 aliphatic rings. The number of aromatic carboxylic acids is 1. The van der Waals surface area contributed by atoms with Crippen molar-refractivity contribution in [1.82, 2.24) is 24.4 Å². The first kappa shape index (κ1) is 35.2. The molecule has 52 heavy (non-hydrogen) atoms. The number of carboxylic acids is 1. The number of carboxylic acid groups (broad SMARTS) is 1. The van der Waals surface area contributed by atoms with Crippen LogP contribution in [0.3, 0.4) is 0 Å². The van der Waals surface area contributed by atoms with Crippen LogP contribution in [0, 0.1) is 0 Å². The first-order chi connectivity index (χ1) is 25.0. The molecule has 12 heteroatoms. The summed E-state index contributed by atoms with van der Waals surface area (Å²) in [5, 5.41) is 15.8. The zero-order valence-electron chi connectivity index (χ0n) is 30.0. The predicted molar refractivity (Wildman–Crippen MR) is 204 cm³/mol. The SMILES string of the molecule is COc1cccc(CCN2CCN(c3nn4cc(-c5ccc(-c6ccc(C(=O)O)c(C7=CCN(C(=O)OC(C)(C)C)CC7)c6)cc5)nc4s3)CC2)c1. The summed E-state index contributed by atoms with van der Waals surface area (Å²) in [4.78, 5) is 37.0. The van der Waals surface area contributed by atoms with Crippen LogP contribution >= 0.6 is 11.3 Å². The Morgan fingerprint density at radius 3 is 2.35 bits per heavy atom. The Labute approximate surface area is 307 Å². The molecule has 0 bridgehead atoms. The van der Waals surface area contributed by atoms with Gasteiger partial charge in [0.15, 0.2) is 0 Å². The highest BCUT2D eigenvalue weighted by Gasteiger charge is 2.26. The van der Waals surface area contributed by atoms with Crippen LogP contribution in [-0.4, -0.2) is 100 Å². The summed E-state index contributed by atoms with van der Waals surface area (Å²) in [6.07, 6.45) is 5.08. The normalized spacial score (nSPS) is 15.5. The minimum Gasteiger partial charge on any atom is -0.497 e. The standard InChI is InChI=1S/C40H44N6O5S/c1-40(2,3)51-39(49)45-18-15-29(16-19-45)34-25-31(12-13-33(34)36(47)48)28-8-10-30(11-9-28)35-26-46-37(41-35)52-38(42-46)44-22-20-43(21-23-44)17-14-27-6-5-7-32(24-27)50-4/h5-13,15,24-26H,14,16-23H2,1-4H3,(H,47,48). The van der Waals surface area contributed by atoms with Crippen molar-refractivity contribution in [2.24, 2.45) is 0 Å². The number of nitrogens with zero attached hydrogens (tertiary/aromatic N) is 6. The maximum atomic E-state index is 12.6. The Bertz CT molecular complexity index is 2080. The maximum absolute atomic E-state index is 12.6. The van der Waals surface area contributed by atoms with Gasteiger partial charge in [-0.3, -0.25) is 4.90 Å². The van der Waals surface area contributed by atoms with Crippen molar-refractivity contribution in [3.8, 4) is 28.1 Å². The number of benzene rings is 3. The van der Waals surface area contributed by atoms with Gasteiger partial charge in [-0.2, -0.15) is 0 Å². The fourth-order valence-corrected chi connectivity index (χ4v) is 7.58. The lowest BCUT2D eigenvalue weighted by Gasteiger charge is -2.34. The summed E-state index contributed by atoms with van der Waals surface area (Å²) < 4.78 is 12.8. The van der Waals surface area contributed by atoms with Gasteiger partial charge in [-0.1, -0.05) is 59.9 Å². The molecule has 0 saturated carbocycles. The fraction of sp³-hybridized carbons (Fsp3) is 0.350. The zero-order valence-corrected chi connectivity index (χ0v) is 30.9. The molecular weight excluding hydrogens is 677 g/mol. The molecule has 3 aromatic carbocycles. The molecule has 4 heterocycles. The first-order valence-electron chi connectivity index (χ1n) is 17.6. The molecule has 7 rings (SSSR count). The second-order valence-electron chi connectivity index (χ2n) is 14.2. The van der Waals surface area contributed by atoms with Crippen LogP contribution in [0.2, 0.25) is 0 Å². The van der Waals surface area contributed by atoms with Gasteiger partial charge in [0.05, 0.1) is 24.6 Å². The Hall–Kier alpha value is -5.20. The zero-order chi connectivity index (χ0) is 36.4. The van der Waals surface area contributed by atoms with E-state index in [0.29, 0.717) is 25.1 Å². The molecule has 0 atom stereocenters. The number of hydrogen-bond acceptors (Lipinski definition) is 9. The number of fused-ring (bicyclic) bond motifs is 1. The molecule has 270 valence electrons. The summed E-state index contributed by atoms with van der Waals surface area (Å²) in [7, 11) is 1.71. The van der Waals surface area contributed by atoms with Crippen molar-refractivity contribution in [2.45, 2.75) is 39.2 Å². The average molecular weight is 721 g/mol. The molecular formula is C40H44N6O5S. The van der Waals surface area contributed by atoms with E-state index in [0.717, 1.165) is 82.9 Å². The van der Waals surface area contributed by atoms with E-state index in [4.69, 9.17) is 19.6 Å². The topological polar surface area (TPSA) is 113 Å². The van der Waals surface area contributed by atoms with Crippen LogP contribution in [0.15, 0.2) is 79.0 Å². The van der Waals surface area contributed by atoms with Crippen LogP contribution in [0.4, 0.5) is 9.93 Å². The van der Waals surface area contributed by atoms with Crippen LogP contribution in [0.1, 0.15) is 48.7 Å². The number of imidazole rings is 1. The van der Waals surface area contributed by atoms with Crippen molar-refractivity contribution in [1.29, 1.82) is 0 Å². The summed E-state index contributed by atoms with van der Waals surface area (Å²) >= 11 is 1.61. The number of ether oxygens (including phenoxy) is 2. The maximum Gasteiger partial charge on any atom is 0.410 e. The molecule has 1 amide bonds. The predicted octanol–water partition coefficient (Wildman–Crippen LogP) is 7.22. The molecule has 0 unspecified atom stereocenters. The van der Waals surface area contributed by atoms with Crippen molar-refractivity contribution < 1.29 is 24.2 Å². The number of methoxy groups -OCH3 is 1. The van der Waals surface area contributed by atoms with Gasteiger partial charge >= 0.3 is 12.1 Å². The van der Waals surface area contributed by atoms with Crippen molar-refractivity contribution >= 4 is 39.1 Å². The highest BCUT2D eigenvalue weighted by molar-refractivity contribution is 7.20. The highest BCUT2D eigenvalue weighted by atomic mass is 32.1. The number of carbonyl (C=O) groups excluding carboxylic acids is 1. The molecule has 1 saturated heterocycles. The minimum atomic E-state index is -0.980. The quantitative estimate of drug-likeness (QED) is 0.169. The lowest BCUT2D eigenvalue weighted by atomic mass is 9.91. The molecule has 2 aliphatic heterocycles. The van der Waals surface area contributed by atoms with E-state index in [1.165, 1.54) is 5.56 Å². The Balaban J connectivity index is 0.990. The van der Waals surface area contributed by atoms with Gasteiger partial charge in [-0.05, 0) is 85.7 Å². The Kier molecular flexibility index (Phi) is 10.0. The van der Waals surface area contributed by atoms with E-state index in [1.54, 1.807) is 29.4 Å². The van der Waals surface area contributed by atoms with E-state index < -0.39 is 11.6 Å². The highest BCUT2D eigenvalue weighted by Crippen LogP contribution is 2.33. The molecule has 1 N–H and O–H groups in total. The van der Waals surface area contributed by atoms with E-state index in [9.17, 15) is 14.7 Å². The third kappa shape index (κ3) is 7.98. The van der Waals surface area contributed by atoms with Crippen molar-refractivity contribution in [3.05, 3.63) is 95.7 Å². The number of carbonyl (C=O) groups is 2. The fourth-order valence-electron chi connectivity index (χ4n) is 6.65. The second kappa shape index (κ2) is 14.8. The van der Waals surface area contributed by atoms with Gasteiger partial charge in [-0.15, -0.1) is 5.10 Å². The summed E-state index contributed by atoms with van der Waals surface area (Å²) in [6, 6.07) is 21.9. The summed E-state index contributed by atoms with van der Waals surface area (Å²) in [6.45, 7) is 11.2. The van der Waals surface area contributed by atoms with Gasteiger partial charge in [0, 0.05) is 51.4 Å². The smallest absolute Gasteiger partial charge is 0.410 e. The number of amides is 1. The number of piperazine rings is 1. The third-order valence-corrected chi connectivity index (χ3v) is 10.5. The molecule has 0 spiro atoms. The number of aromatic nitrogens is 3. The Morgan fingerprint density at radius 1 is 0.923 bits per heavy atom. The average Bonchev–Trinajstić information content (AvgIpc) is 3.74. The van der Waals surface area contributed by atoms with E-state index >= 15 is 0 Å². The van der Waals surface area contributed by atoms with Crippen molar-refractivity contribution in [3.63, 3.8) is 0 Å². The van der Waals surface area contributed by atoms with Crippen LogP contribution in [0.5, 0.6) is 5.75 Å².